The van der Waals surface area contributed by atoms with Crippen molar-refractivity contribution in [1.82, 2.24) is 5.32 Å². The molecule has 2 aromatic carbocycles. The molecule has 5 heteroatoms. The number of benzene rings is 2. The number of carbonyl (C=O) groups excluding carboxylic acids is 2. The Hall–Kier alpha value is -1.52. The summed E-state index contributed by atoms with van der Waals surface area (Å²) in [5, 5.41) is 5.54. The zero-order chi connectivity index (χ0) is 18.0. The van der Waals surface area contributed by atoms with E-state index in [1.165, 1.54) is 16.7 Å². The minimum atomic E-state index is -0.269. The molecule has 25 heavy (non-hydrogen) atoms. The van der Waals surface area contributed by atoms with Crippen LogP contribution in [0.15, 0.2) is 18.2 Å². The van der Waals surface area contributed by atoms with Gasteiger partial charge < -0.3 is 15.4 Å². The predicted octanol–water partition coefficient (Wildman–Crippen LogP) is 3.64. The Morgan fingerprint density at radius 3 is 1.92 bits per heavy atom. The van der Waals surface area contributed by atoms with Crippen LogP contribution < -0.4 is 10.6 Å². The van der Waals surface area contributed by atoms with Crippen molar-refractivity contribution in [3.63, 3.8) is 0 Å². The molecule has 2 N–H and O–H groups in total. The first-order chi connectivity index (χ1) is 11.3. The summed E-state index contributed by atoms with van der Waals surface area (Å²) in [6, 6.07) is 7.66. The molecular formula is C20H23N2O2Y-. The van der Waals surface area contributed by atoms with Gasteiger partial charge in [0.15, 0.2) is 5.91 Å². The molecule has 2 amide bonds. The van der Waals surface area contributed by atoms with Gasteiger partial charge >= 0.3 is 0 Å². The summed E-state index contributed by atoms with van der Waals surface area (Å²) in [6.07, 6.45) is 0. The van der Waals surface area contributed by atoms with Crippen LogP contribution >= 0.6 is 0 Å². The van der Waals surface area contributed by atoms with Gasteiger partial charge in [0.1, 0.15) is 0 Å². The van der Waals surface area contributed by atoms with E-state index in [1.807, 2.05) is 13.8 Å². The van der Waals surface area contributed by atoms with Crippen molar-refractivity contribution in [3.05, 3.63) is 63.2 Å². The third kappa shape index (κ3) is 4.37. The molecule has 0 heterocycles. The van der Waals surface area contributed by atoms with Gasteiger partial charge in [-0.25, -0.2) is 0 Å². The van der Waals surface area contributed by atoms with Gasteiger partial charge in [0.05, 0.1) is 0 Å². The quantitative estimate of drug-likeness (QED) is 0.757. The molecule has 0 bridgehead atoms. The van der Waals surface area contributed by atoms with Gasteiger partial charge in [0, 0.05) is 45.4 Å². The molecule has 0 aliphatic carbocycles. The summed E-state index contributed by atoms with van der Waals surface area (Å²) in [5.74, 6) is -0.498. The molecular weight excluding hydrogens is 389 g/mol. The molecule has 2 aromatic rings. The number of carbonyl (C=O) groups is 2. The Balaban J connectivity index is 0.00000312. The second-order valence-electron chi connectivity index (χ2n) is 6.02. The van der Waals surface area contributed by atoms with Crippen molar-refractivity contribution in [3.8, 4) is 0 Å². The number of anilines is 1. The zero-order valence-corrected chi connectivity index (χ0v) is 18.5. The van der Waals surface area contributed by atoms with E-state index < -0.39 is 0 Å². The maximum atomic E-state index is 12.6. The maximum Gasteiger partial charge on any atom is 0.232 e. The number of hydrogen-bond acceptors (Lipinski definition) is 2. The number of hydrogen-bond donors (Lipinski definition) is 2. The van der Waals surface area contributed by atoms with E-state index in [-0.39, 0.29) is 44.5 Å². The van der Waals surface area contributed by atoms with E-state index in [9.17, 15) is 9.59 Å². The maximum absolute atomic E-state index is 12.6. The first kappa shape index (κ1) is 21.5. The van der Waals surface area contributed by atoms with Crippen LogP contribution in [0.2, 0.25) is 0 Å². The van der Waals surface area contributed by atoms with E-state index in [0.29, 0.717) is 11.1 Å². The molecule has 0 spiro atoms. The first-order valence-corrected chi connectivity index (χ1v) is 7.90. The summed E-state index contributed by atoms with van der Waals surface area (Å²) < 4.78 is 0. The van der Waals surface area contributed by atoms with Crippen molar-refractivity contribution in [2.45, 2.75) is 34.6 Å². The van der Waals surface area contributed by atoms with Crippen LogP contribution in [0.1, 0.15) is 48.5 Å². The second kappa shape index (κ2) is 8.73. The van der Waals surface area contributed by atoms with E-state index in [2.05, 4.69) is 37.5 Å². The summed E-state index contributed by atoms with van der Waals surface area (Å²) in [4.78, 5) is 24.3. The van der Waals surface area contributed by atoms with E-state index in [1.54, 1.807) is 25.2 Å². The molecule has 129 valence electrons. The Morgan fingerprint density at radius 2 is 1.40 bits per heavy atom. The van der Waals surface area contributed by atoms with Crippen molar-refractivity contribution >= 4 is 17.5 Å². The molecule has 0 atom stereocenters. The molecule has 0 aromatic heterocycles. The molecule has 0 saturated heterocycles. The monoisotopic (exact) mass is 412 g/mol. The average Bonchev–Trinajstić information content (AvgIpc) is 2.61. The fraction of sp³-hybridized carbons (Fsp3) is 0.300. The van der Waals surface area contributed by atoms with Gasteiger partial charge in [-0.15, -0.1) is 24.3 Å². The zero-order valence-electron chi connectivity index (χ0n) is 15.6. The third-order valence-electron chi connectivity index (χ3n) is 4.77. The molecule has 0 unspecified atom stereocenters. The van der Waals surface area contributed by atoms with Crippen molar-refractivity contribution in [2.24, 2.45) is 0 Å². The van der Waals surface area contributed by atoms with Gasteiger partial charge in [0.2, 0.25) is 5.91 Å². The van der Waals surface area contributed by atoms with Crippen LogP contribution in [0.3, 0.4) is 0 Å². The normalized spacial score (nSPS) is 10.0. The van der Waals surface area contributed by atoms with Gasteiger partial charge in [-0.1, -0.05) is 5.56 Å². The van der Waals surface area contributed by atoms with Gasteiger partial charge in [0.25, 0.3) is 0 Å². The Labute approximate surface area is 174 Å². The van der Waals surface area contributed by atoms with Crippen LogP contribution in [0.4, 0.5) is 5.69 Å². The van der Waals surface area contributed by atoms with Gasteiger partial charge in [-0.2, -0.15) is 0 Å². The Bertz CT molecular complexity index is 800. The number of amides is 2. The van der Waals surface area contributed by atoms with E-state index in [0.717, 1.165) is 16.8 Å². The van der Waals surface area contributed by atoms with Crippen molar-refractivity contribution in [2.75, 3.05) is 12.4 Å². The molecule has 0 aliphatic heterocycles. The first-order valence-electron chi connectivity index (χ1n) is 7.90. The minimum Gasteiger partial charge on any atom is -0.362 e. The SMILES string of the molecule is CNC(=O)c1cc[c-]c(C(=O)Nc2c(C)c(C)c(C)c(C)c2C)c1.[Y]. The predicted molar refractivity (Wildman–Crippen MR) is 96.7 cm³/mol. The number of nitrogens with one attached hydrogen (secondary N) is 2. The number of rotatable bonds is 3. The van der Waals surface area contributed by atoms with Crippen molar-refractivity contribution in [1.29, 1.82) is 0 Å². The van der Waals surface area contributed by atoms with Crippen LogP contribution in [0.25, 0.3) is 0 Å². The minimum absolute atomic E-state index is 0. The molecule has 0 saturated carbocycles. The van der Waals surface area contributed by atoms with Crippen LogP contribution in [-0.2, 0) is 32.7 Å². The molecule has 0 fully saturated rings. The van der Waals surface area contributed by atoms with Crippen LogP contribution in [0, 0.1) is 40.7 Å². The summed E-state index contributed by atoms with van der Waals surface area (Å²) in [5.41, 5.74) is 7.33. The second-order valence-corrected chi connectivity index (χ2v) is 6.02. The standard InChI is InChI=1S/C20H23N2O2.Y/c1-11-12(2)14(4)18(15(5)13(11)3)22-20(24)17-9-7-8-16(10-17)19(23)21-6;/h7-8,10H,1-6H3,(H,21,23)(H,22,24);/q-1;. The summed E-state index contributed by atoms with van der Waals surface area (Å²) in [6.45, 7) is 10.2. The molecule has 1 radical (unpaired) electrons. The van der Waals surface area contributed by atoms with Gasteiger partial charge in [-0.3, -0.25) is 4.79 Å². The van der Waals surface area contributed by atoms with E-state index >= 15 is 0 Å². The smallest absolute Gasteiger partial charge is 0.232 e. The molecule has 0 aliphatic rings. The Kier molecular flexibility index (Phi) is 7.51. The van der Waals surface area contributed by atoms with Crippen LogP contribution in [0.5, 0.6) is 0 Å². The fourth-order valence-corrected chi connectivity index (χ4v) is 2.75. The topological polar surface area (TPSA) is 58.2 Å². The largest absolute Gasteiger partial charge is 0.362 e. The fourth-order valence-electron chi connectivity index (χ4n) is 2.75. The Morgan fingerprint density at radius 1 is 0.880 bits per heavy atom. The van der Waals surface area contributed by atoms with Gasteiger partial charge in [-0.05, 0) is 68.0 Å². The van der Waals surface area contributed by atoms with E-state index in [4.69, 9.17) is 0 Å². The third-order valence-corrected chi connectivity index (χ3v) is 4.77. The summed E-state index contributed by atoms with van der Waals surface area (Å²) in [7, 11) is 1.56. The molecule has 2 rings (SSSR count). The van der Waals surface area contributed by atoms with Crippen LogP contribution in [-0.4, -0.2) is 18.9 Å². The molecule has 4 nitrogen and oxygen atoms in total. The average molecular weight is 412 g/mol. The summed E-state index contributed by atoms with van der Waals surface area (Å²) >= 11 is 0. The van der Waals surface area contributed by atoms with Crippen molar-refractivity contribution < 1.29 is 42.3 Å².